The molecule has 2 aliphatic rings. The van der Waals surface area contributed by atoms with Crippen LogP contribution in [0.1, 0.15) is 42.5 Å². The molecule has 0 amide bonds. The third-order valence-corrected chi connectivity index (χ3v) is 4.99. The second-order valence-corrected chi connectivity index (χ2v) is 6.07. The number of carbonyl (C=O) groups is 2. The molecular weight excluding hydrogens is 250 g/mol. The van der Waals surface area contributed by atoms with Gasteiger partial charge in [0.2, 0.25) is 0 Å². The Morgan fingerprint density at radius 3 is 2.30 bits per heavy atom. The maximum Gasteiger partial charge on any atom is 0.166 e. The van der Waals surface area contributed by atoms with Crippen LogP contribution in [-0.4, -0.2) is 35.6 Å². The predicted octanol–water partition coefficient (Wildman–Crippen LogP) is 2.70. The first kappa shape index (κ1) is 13.5. The van der Waals surface area contributed by atoms with E-state index in [1.165, 1.54) is 0 Å². The minimum Gasteiger partial charge on any atom is -0.301 e. The molecular formula is C17H21NO2. The Labute approximate surface area is 120 Å². The molecule has 0 radical (unpaired) electrons. The van der Waals surface area contributed by atoms with E-state index in [0.29, 0.717) is 0 Å². The third-order valence-electron chi connectivity index (χ3n) is 4.99. The summed E-state index contributed by atoms with van der Waals surface area (Å²) in [4.78, 5) is 26.1. The summed E-state index contributed by atoms with van der Waals surface area (Å²) in [6.45, 7) is 1.75. The molecule has 1 aromatic rings. The van der Waals surface area contributed by atoms with Crippen LogP contribution >= 0.6 is 0 Å². The van der Waals surface area contributed by atoms with Crippen LogP contribution in [0.4, 0.5) is 0 Å². The Morgan fingerprint density at radius 2 is 1.80 bits per heavy atom. The first-order valence-electron chi connectivity index (χ1n) is 7.56. The Kier molecular flexibility index (Phi) is 3.70. The molecule has 3 nitrogen and oxygen atoms in total. The largest absolute Gasteiger partial charge is 0.301 e. The van der Waals surface area contributed by atoms with Gasteiger partial charge in [-0.25, -0.2) is 0 Å². The Morgan fingerprint density at radius 1 is 1.15 bits per heavy atom. The summed E-state index contributed by atoms with van der Waals surface area (Å²) >= 11 is 0. The highest BCUT2D eigenvalue weighted by atomic mass is 16.1. The molecule has 1 saturated carbocycles. The van der Waals surface area contributed by atoms with Gasteiger partial charge in [0.05, 0.1) is 5.54 Å². The van der Waals surface area contributed by atoms with Crippen molar-refractivity contribution in [3.63, 3.8) is 0 Å². The number of nitrogens with zero attached hydrogens (tertiary/aromatic N) is 1. The topological polar surface area (TPSA) is 37.4 Å². The van der Waals surface area contributed by atoms with Crippen molar-refractivity contribution in [3.05, 3.63) is 35.9 Å². The zero-order valence-electron chi connectivity index (χ0n) is 11.8. The molecule has 0 spiro atoms. The van der Waals surface area contributed by atoms with Crippen molar-refractivity contribution < 1.29 is 9.59 Å². The first-order chi connectivity index (χ1) is 9.75. The number of Topliss-reactive ketones (excluding diaryl/α,β-unsaturated/α-hetero) is 1. The van der Waals surface area contributed by atoms with Crippen LogP contribution in [0.2, 0.25) is 0 Å². The molecule has 3 heteroatoms. The number of piperidine rings is 1. The number of benzene rings is 1. The van der Waals surface area contributed by atoms with Gasteiger partial charge >= 0.3 is 0 Å². The minimum atomic E-state index is -0.194. The molecule has 1 aromatic carbocycles. The molecule has 20 heavy (non-hydrogen) atoms. The number of carbonyl (C=O) groups excluding carboxylic acids is 2. The fraction of sp³-hybridized carbons (Fsp3) is 0.529. The lowest BCUT2D eigenvalue weighted by Crippen LogP contribution is -2.57. The lowest BCUT2D eigenvalue weighted by molar-refractivity contribution is -0.125. The van der Waals surface area contributed by atoms with E-state index in [0.717, 1.165) is 57.0 Å². The zero-order valence-corrected chi connectivity index (χ0v) is 11.8. The predicted molar refractivity (Wildman–Crippen MR) is 77.7 cm³/mol. The first-order valence-corrected chi connectivity index (χ1v) is 7.56. The molecule has 3 rings (SSSR count). The number of aldehydes is 1. The van der Waals surface area contributed by atoms with Gasteiger partial charge in [-0.1, -0.05) is 30.3 Å². The van der Waals surface area contributed by atoms with E-state index in [9.17, 15) is 9.59 Å². The Bertz CT molecular complexity index is 485. The van der Waals surface area contributed by atoms with Crippen molar-refractivity contribution in [1.82, 2.24) is 4.90 Å². The molecule has 0 unspecified atom stereocenters. The second kappa shape index (κ2) is 5.49. The van der Waals surface area contributed by atoms with E-state index in [1.54, 1.807) is 0 Å². The molecule has 0 aromatic heterocycles. The zero-order chi connectivity index (χ0) is 14.0. The number of hydrogen-bond acceptors (Lipinski definition) is 3. The summed E-state index contributed by atoms with van der Waals surface area (Å²) in [5.41, 5.74) is 0.625. The Balaban J connectivity index is 1.61. The van der Waals surface area contributed by atoms with Crippen LogP contribution in [0.25, 0.3) is 0 Å². The summed E-state index contributed by atoms with van der Waals surface area (Å²) in [6, 6.07) is 9.56. The van der Waals surface area contributed by atoms with Gasteiger partial charge < -0.3 is 4.79 Å². The average Bonchev–Trinajstić information content (AvgIpc) is 2.48. The van der Waals surface area contributed by atoms with Gasteiger partial charge in [0.1, 0.15) is 6.29 Å². The van der Waals surface area contributed by atoms with E-state index >= 15 is 0 Å². The van der Waals surface area contributed by atoms with Gasteiger partial charge in [-0.05, 0) is 45.2 Å². The van der Waals surface area contributed by atoms with Gasteiger partial charge in [-0.15, -0.1) is 0 Å². The molecule has 0 N–H and O–H groups in total. The highest BCUT2D eigenvalue weighted by Crippen LogP contribution is 2.38. The maximum absolute atomic E-state index is 12.4. The summed E-state index contributed by atoms with van der Waals surface area (Å²) in [5.74, 6) is 0.386. The van der Waals surface area contributed by atoms with Crippen LogP contribution in [0.5, 0.6) is 0 Å². The summed E-state index contributed by atoms with van der Waals surface area (Å²) < 4.78 is 0. The van der Waals surface area contributed by atoms with E-state index in [1.807, 2.05) is 30.3 Å². The number of ketones is 1. The van der Waals surface area contributed by atoms with Crippen LogP contribution < -0.4 is 0 Å². The minimum absolute atomic E-state index is 0.123. The molecule has 1 saturated heterocycles. The van der Waals surface area contributed by atoms with Crippen LogP contribution in [-0.2, 0) is 4.79 Å². The van der Waals surface area contributed by atoms with Crippen molar-refractivity contribution in [2.75, 3.05) is 13.1 Å². The van der Waals surface area contributed by atoms with E-state index in [2.05, 4.69) is 4.90 Å². The maximum atomic E-state index is 12.4. The standard InChI is InChI=1S/C17H21NO2/c19-13-17(9-4-10-17)18-11-7-15(8-12-18)16(20)14-5-2-1-3-6-14/h1-3,5-6,13,15H,4,7-12H2. The van der Waals surface area contributed by atoms with Gasteiger partial charge in [0.15, 0.2) is 5.78 Å². The van der Waals surface area contributed by atoms with Gasteiger partial charge in [-0.2, -0.15) is 0 Å². The van der Waals surface area contributed by atoms with Crippen molar-refractivity contribution in [2.45, 2.75) is 37.6 Å². The molecule has 1 aliphatic heterocycles. The smallest absolute Gasteiger partial charge is 0.166 e. The van der Waals surface area contributed by atoms with E-state index < -0.39 is 0 Å². The van der Waals surface area contributed by atoms with Crippen molar-refractivity contribution >= 4 is 12.1 Å². The van der Waals surface area contributed by atoms with Gasteiger partial charge in [-0.3, -0.25) is 9.69 Å². The quantitative estimate of drug-likeness (QED) is 0.624. The van der Waals surface area contributed by atoms with Gasteiger partial charge in [0, 0.05) is 11.5 Å². The number of rotatable bonds is 4. The highest BCUT2D eigenvalue weighted by Gasteiger charge is 2.44. The van der Waals surface area contributed by atoms with E-state index in [4.69, 9.17) is 0 Å². The highest BCUT2D eigenvalue weighted by molar-refractivity contribution is 5.97. The third kappa shape index (κ3) is 2.31. The van der Waals surface area contributed by atoms with Crippen molar-refractivity contribution in [1.29, 1.82) is 0 Å². The fourth-order valence-corrected chi connectivity index (χ4v) is 3.47. The molecule has 1 aliphatic carbocycles. The lowest BCUT2D eigenvalue weighted by atomic mass is 9.74. The van der Waals surface area contributed by atoms with Crippen molar-refractivity contribution in [2.24, 2.45) is 5.92 Å². The SMILES string of the molecule is O=CC1(N2CCC(C(=O)c3ccccc3)CC2)CCC1. The summed E-state index contributed by atoms with van der Waals surface area (Å²) in [7, 11) is 0. The lowest BCUT2D eigenvalue weighted by Gasteiger charge is -2.48. The monoisotopic (exact) mass is 271 g/mol. The number of likely N-dealkylation sites (tertiary alicyclic amines) is 1. The Hall–Kier alpha value is -1.48. The second-order valence-electron chi connectivity index (χ2n) is 6.07. The van der Waals surface area contributed by atoms with Gasteiger partial charge in [0.25, 0.3) is 0 Å². The van der Waals surface area contributed by atoms with Crippen LogP contribution in [0, 0.1) is 5.92 Å². The summed E-state index contributed by atoms with van der Waals surface area (Å²) in [6.07, 6.45) is 6.03. The van der Waals surface area contributed by atoms with E-state index in [-0.39, 0.29) is 17.2 Å². The summed E-state index contributed by atoms with van der Waals surface area (Å²) in [5, 5.41) is 0. The van der Waals surface area contributed by atoms with Crippen LogP contribution in [0.3, 0.4) is 0 Å². The molecule has 2 fully saturated rings. The molecule has 1 heterocycles. The molecule has 0 atom stereocenters. The van der Waals surface area contributed by atoms with Crippen LogP contribution in [0.15, 0.2) is 30.3 Å². The molecule has 0 bridgehead atoms. The average molecular weight is 271 g/mol. The van der Waals surface area contributed by atoms with Crippen molar-refractivity contribution in [3.8, 4) is 0 Å². The fourth-order valence-electron chi connectivity index (χ4n) is 3.47. The molecule has 106 valence electrons. The number of hydrogen-bond donors (Lipinski definition) is 0. The normalized spacial score (nSPS) is 23.0.